The summed E-state index contributed by atoms with van der Waals surface area (Å²) in [6.07, 6.45) is 0. The molecule has 0 aromatic heterocycles. The number of hydrogen-bond acceptors (Lipinski definition) is 6. The molecular formula is C27H23N3O4. The van der Waals surface area contributed by atoms with Gasteiger partial charge in [-0.1, -0.05) is 23.8 Å². The molecule has 4 rings (SSSR count). The summed E-state index contributed by atoms with van der Waals surface area (Å²) in [4.78, 5) is 28.3. The molecule has 0 saturated carbocycles. The van der Waals surface area contributed by atoms with Gasteiger partial charge in [0.2, 0.25) is 0 Å². The quantitative estimate of drug-likeness (QED) is 0.549. The first-order valence-corrected chi connectivity index (χ1v) is 10.6. The van der Waals surface area contributed by atoms with Crippen LogP contribution in [0.3, 0.4) is 0 Å². The topological polar surface area (TPSA) is 91.7 Å². The molecule has 1 aliphatic rings. The second-order valence-corrected chi connectivity index (χ2v) is 7.87. The summed E-state index contributed by atoms with van der Waals surface area (Å²) in [5.74, 6) is -0.0134. The Hall–Kier alpha value is -4.57. The van der Waals surface area contributed by atoms with Crippen LogP contribution in [0, 0.1) is 25.2 Å². The lowest BCUT2D eigenvalue weighted by molar-refractivity contribution is -0.120. The molecule has 0 radical (unpaired) electrons. The maximum Gasteiger partial charge on any atom is 0.282 e. The molecule has 0 unspecified atom stereocenters. The second-order valence-electron chi connectivity index (χ2n) is 7.87. The molecule has 3 aromatic rings. The molecule has 0 atom stereocenters. The fourth-order valence-corrected chi connectivity index (χ4v) is 3.91. The monoisotopic (exact) mass is 453 g/mol. The Balaban J connectivity index is 1.86. The van der Waals surface area contributed by atoms with Gasteiger partial charge in [-0.3, -0.25) is 9.59 Å². The van der Waals surface area contributed by atoms with Crippen LogP contribution in [0.15, 0.2) is 66.4 Å². The minimum absolute atomic E-state index is 0.161. The van der Waals surface area contributed by atoms with Crippen molar-refractivity contribution in [3.8, 4) is 17.6 Å². The van der Waals surface area contributed by atoms with E-state index in [1.165, 1.54) is 14.2 Å². The number of imide groups is 1. The highest BCUT2D eigenvalue weighted by atomic mass is 16.5. The highest BCUT2D eigenvalue weighted by Crippen LogP contribution is 2.37. The lowest BCUT2D eigenvalue weighted by Gasteiger charge is -2.16. The van der Waals surface area contributed by atoms with E-state index in [-0.39, 0.29) is 11.3 Å². The van der Waals surface area contributed by atoms with Crippen molar-refractivity contribution in [2.45, 2.75) is 13.8 Å². The van der Waals surface area contributed by atoms with E-state index < -0.39 is 11.8 Å². The fraction of sp³-hybridized carbons (Fsp3) is 0.148. The summed E-state index contributed by atoms with van der Waals surface area (Å²) in [5.41, 5.74) is 4.46. The van der Waals surface area contributed by atoms with Gasteiger partial charge in [0.1, 0.15) is 5.70 Å². The van der Waals surface area contributed by atoms with E-state index in [1.54, 1.807) is 42.5 Å². The number of nitriles is 1. The summed E-state index contributed by atoms with van der Waals surface area (Å²) in [7, 11) is 3.04. The smallest absolute Gasteiger partial charge is 0.282 e. The number of aryl methyl sites for hydroxylation is 2. The van der Waals surface area contributed by atoms with Gasteiger partial charge in [-0.2, -0.15) is 5.26 Å². The van der Waals surface area contributed by atoms with Crippen LogP contribution in [-0.4, -0.2) is 26.0 Å². The number of methoxy groups -OCH3 is 2. The van der Waals surface area contributed by atoms with Gasteiger partial charge in [-0.15, -0.1) is 0 Å². The Morgan fingerprint density at radius 3 is 2.18 bits per heavy atom. The zero-order valence-corrected chi connectivity index (χ0v) is 19.3. The fourth-order valence-electron chi connectivity index (χ4n) is 3.91. The minimum Gasteiger partial charge on any atom is -0.493 e. The molecule has 0 fully saturated rings. The average molecular weight is 453 g/mol. The average Bonchev–Trinajstić information content (AvgIpc) is 3.09. The molecule has 3 aromatic carbocycles. The number of nitrogens with one attached hydrogen (secondary N) is 1. The lowest BCUT2D eigenvalue weighted by Crippen LogP contribution is -2.32. The van der Waals surface area contributed by atoms with Crippen LogP contribution in [0.1, 0.15) is 22.3 Å². The minimum atomic E-state index is -0.487. The molecule has 1 heterocycles. The Morgan fingerprint density at radius 2 is 1.56 bits per heavy atom. The van der Waals surface area contributed by atoms with Crippen LogP contribution in [0.5, 0.6) is 11.5 Å². The number of ether oxygens (including phenoxy) is 2. The lowest BCUT2D eigenvalue weighted by atomic mass is 10.0. The largest absolute Gasteiger partial charge is 0.493 e. The van der Waals surface area contributed by atoms with E-state index in [0.29, 0.717) is 28.3 Å². The van der Waals surface area contributed by atoms with Crippen LogP contribution in [0.4, 0.5) is 11.4 Å². The van der Waals surface area contributed by atoms with E-state index in [4.69, 9.17) is 14.7 Å². The first-order valence-electron chi connectivity index (χ1n) is 10.6. The number of carbonyl (C=O) groups is 2. The van der Waals surface area contributed by atoms with E-state index in [0.717, 1.165) is 21.7 Å². The van der Waals surface area contributed by atoms with Gasteiger partial charge < -0.3 is 14.8 Å². The van der Waals surface area contributed by atoms with Gasteiger partial charge in [0, 0.05) is 5.69 Å². The molecule has 0 spiro atoms. The molecule has 1 aliphatic heterocycles. The van der Waals surface area contributed by atoms with Crippen molar-refractivity contribution >= 4 is 28.8 Å². The number of carbonyl (C=O) groups excluding carboxylic acids is 2. The summed E-state index contributed by atoms with van der Waals surface area (Å²) >= 11 is 0. The van der Waals surface area contributed by atoms with Crippen molar-refractivity contribution in [2.75, 3.05) is 24.4 Å². The van der Waals surface area contributed by atoms with E-state index >= 15 is 0 Å². The maximum atomic E-state index is 13.6. The molecule has 7 heteroatoms. The van der Waals surface area contributed by atoms with Gasteiger partial charge in [0.05, 0.1) is 37.1 Å². The van der Waals surface area contributed by atoms with Gasteiger partial charge in [0.15, 0.2) is 11.5 Å². The van der Waals surface area contributed by atoms with Gasteiger partial charge in [-0.05, 0) is 67.4 Å². The van der Waals surface area contributed by atoms with E-state index in [2.05, 4.69) is 5.32 Å². The van der Waals surface area contributed by atoms with Crippen LogP contribution >= 0.6 is 0 Å². The third-order valence-corrected chi connectivity index (χ3v) is 5.65. The first kappa shape index (κ1) is 22.6. The first-order chi connectivity index (χ1) is 16.4. The predicted molar refractivity (Wildman–Crippen MR) is 130 cm³/mol. The predicted octanol–water partition coefficient (Wildman–Crippen LogP) is 4.59. The Bertz CT molecular complexity index is 1370. The zero-order chi connectivity index (χ0) is 24.4. The number of hydrogen-bond donors (Lipinski definition) is 1. The van der Waals surface area contributed by atoms with Crippen LogP contribution < -0.4 is 19.7 Å². The number of anilines is 2. The van der Waals surface area contributed by atoms with Gasteiger partial charge in [0.25, 0.3) is 11.8 Å². The Morgan fingerprint density at radius 1 is 0.853 bits per heavy atom. The van der Waals surface area contributed by atoms with E-state index in [1.807, 2.05) is 38.1 Å². The number of rotatable bonds is 6. The molecule has 0 saturated heterocycles. The summed E-state index contributed by atoms with van der Waals surface area (Å²) in [6.45, 7) is 3.92. The van der Waals surface area contributed by atoms with E-state index in [9.17, 15) is 9.59 Å². The number of nitrogens with zero attached hydrogens (tertiary/aromatic N) is 2. The molecule has 0 bridgehead atoms. The molecule has 1 N–H and O–H groups in total. The van der Waals surface area contributed by atoms with Gasteiger partial charge in [-0.25, -0.2) is 4.90 Å². The van der Waals surface area contributed by atoms with Crippen molar-refractivity contribution in [2.24, 2.45) is 0 Å². The summed E-state index contributed by atoms with van der Waals surface area (Å²) in [5, 5.41) is 12.3. The van der Waals surface area contributed by atoms with Crippen molar-refractivity contribution in [1.29, 1.82) is 5.26 Å². The molecule has 34 heavy (non-hydrogen) atoms. The standard InChI is InChI=1S/C27H23N3O4/c1-16-5-11-21(17(2)13-16)29-25-24(19-8-12-22(33-3)23(14-19)34-4)26(31)30(27(25)32)20-9-6-18(15-28)7-10-20/h5-14,29H,1-4H3. The van der Waals surface area contributed by atoms with Crippen molar-refractivity contribution in [3.05, 3.63) is 88.6 Å². The molecule has 170 valence electrons. The van der Waals surface area contributed by atoms with Crippen molar-refractivity contribution < 1.29 is 19.1 Å². The maximum absolute atomic E-state index is 13.6. The molecular weight excluding hydrogens is 430 g/mol. The summed E-state index contributed by atoms with van der Waals surface area (Å²) in [6, 6.07) is 19.2. The SMILES string of the molecule is COc1ccc(C2=C(Nc3ccc(C)cc3C)C(=O)N(c3ccc(C#N)cc3)C2=O)cc1OC. The molecule has 0 aliphatic carbocycles. The molecule has 2 amide bonds. The van der Waals surface area contributed by atoms with Crippen molar-refractivity contribution in [1.82, 2.24) is 0 Å². The highest BCUT2D eigenvalue weighted by Gasteiger charge is 2.40. The normalized spacial score (nSPS) is 13.2. The Kier molecular flexibility index (Phi) is 6.07. The van der Waals surface area contributed by atoms with Crippen LogP contribution in [-0.2, 0) is 9.59 Å². The van der Waals surface area contributed by atoms with Gasteiger partial charge >= 0.3 is 0 Å². The zero-order valence-electron chi connectivity index (χ0n) is 19.3. The van der Waals surface area contributed by atoms with Crippen LogP contribution in [0.25, 0.3) is 5.57 Å². The highest BCUT2D eigenvalue weighted by molar-refractivity contribution is 6.46. The second kappa shape index (κ2) is 9.12. The Labute approximate surface area is 197 Å². The molecule has 7 nitrogen and oxygen atoms in total. The number of amides is 2. The third kappa shape index (κ3) is 3.97. The van der Waals surface area contributed by atoms with Crippen LogP contribution in [0.2, 0.25) is 0 Å². The van der Waals surface area contributed by atoms with Crippen molar-refractivity contribution in [3.63, 3.8) is 0 Å². The summed E-state index contributed by atoms with van der Waals surface area (Å²) < 4.78 is 10.7. The number of benzene rings is 3. The third-order valence-electron chi connectivity index (χ3n) is 5.65.